The number of nitrogens with zero attached hydrogens (tertiary/aromatic N) is 1. The van der Waals surface area contributed by atoms with Gasteiger partial charge in [-0.15, -0.1) is 0 Å². The van der Waals surface area contributed by atoms with Crippen molar-refractivity contribution in [3.05, 3.63) is 29.3 Å². The molecule has 1 aromatic rings. The first-order valence-electron chi connectivity index (χ1n) is 6.95. The van der Waals surface area contributed by atoms with E-state index in [0.29, 0.717) is 24.3 Å². The molecule has 0 aromatic heterocycles. The first-order chi connectivity index (χ1) is 9.08. The Hall–Kier alpha value is -1.55. The summed E-state index contributed by atoms with van der Waals surface area (Å²) in [5.41, 5.74) is 7.43. The van der Waals surface area contributed by atoms with E-state index in [2.05, 4.69) is 0 Å². The molecule has 4 nitrogen and oxygen atoms in total. The first-order valence-corrected chi connectivity index (χ1v) is 6.95. The number of hydrogen-bond donors (Lipinski definition) is 1. The lowest BCUT2D eigenvalue weighted by Crippen LogP contribution is -2.58. The number of carbonyl (C=O) groups is 1. The highest BCUT2D eigenvalue weighted by Gasteiger charge is 2.40. The van der Waals surface area contributed by atoms with Gasteiger partial charge in [-0.1, -0.05) is 0 Å². The average Bonchev–Trinajstić information content (AvgIpc) is 2.22. The van der Waals surface area contributed by atoms with Gasteiger partial charge in [0, 0.05) is 24.3 Å². The molecule has 0 bridgehead atoms. The minimum atomic E-state index is -0.340. The van der Waals surface area contributed by atoms with Crippen LogP contribution in [0.5, 0.6) is 0 Å². The van der Waals surface area contributed by atoms with Gasteiger partial charge in [-0.25, -0.2) is 0 Å². The Morgan fingerprint density at radius 2 is 1.70 bits per heavy atom. The van der Waals surface area contributed by atoms with Crippen molar-refractivity contribution in [2.24, 2.45) is 0 Å². The topological polar surface area (TPSA) is 55.6 Å². The van der Waals surface area contributed by atoms with Gasteiger partial charge in [0.05, 0.1) is 11.2 Å². The molecule has 1 aliphatic rings. The van der Waals surface area contributed by atoms with Crippen LogP contribution < -0.4 is 5.73 Å². The van der Waals surface area contributed by atoms with Crippen molar-refractivity contribution in [1.29, 1.82) is 0 Å². The maximum atomic E-state index is 12.7. The van der Waals surface area contributed by atoms with Crippen LogP contribution in [0, 0.1) is 6.92 Å². The number of morpholine rings is 1. The molecular weight excluding hydrogens is 252 g/mol. The van der Waals surface area contributed by atoms with Gasteiger partial charge in [-0.2, -0.15) is 0 Å². The minimum absolute atomic E-state index is 0.0184. The maximum Gasteiger partial charge on any atom is 0.254 e. The molecule has 1 amide bonds. The number of hydrogen-bond acceptors (Lipinski definition) is 3. The van der Waals surface area contributed by atoms with E-state index in [-0.39, 0.29) is 17.1 Å². The maximum absolute atomic E-state index is 12.7. The van der Waals surface area contributed by atoms with E-state index in [9.17, 15) is 4.79 Å². The van der Waals surface area contributed by atoms with E-state index in [1.165, 1.54) is 0 Å². The predicted molar refractivity (Wildman–Crippen MR) is 80.7 cm³/mol. The van der Waals surface area contributed by atoms with Gasteiger partial charge >= 0.3 is 0 Å². The standard InChI is InChI=1S/C16H24N2O2/c1-11-6-12(8-13(17)7-11)14(19)18-9-15(2,3)20-16(4,5)10-18/h6-8H,9-10,17H2,1-5H3. The van der Waals surface area contributed by atoms with Crippen molar-refractivity contribution in [3.8, 4) is 0 Å². The number of aryl methyl sites for hydroxylation is 1. The summed E-state index contributed by atoms with van der Waals surface area (Å²) in [5.74, 6) is 0.0184. The zero-order chi connectivity index (χ0) is 15.1. The number of rotatable bonds is 1. The summed E-state index contributed by atoms with van der Waals surface area (Å²) in [4.78, 5) is 14.6. The molecule has 1 aromatic carbocycles. The predicted octanol–water partition coefficient (Wildman–Crippen LogP) is 2.61. The second-order valence-corrected chi connectivity index (χ2v) is 6.92. The fourth-order valence-electron chi connectivity index (χ4n) is 3.05. The van der Waals surface area contributed by atoms with Crippen LogP contribution in [-0.4, -0.2) is 35.1 Å². The van der Waals surface area contributed by atoms with Crippen molar-refractivity contribution < 1.29 is 9.53 Å². The van der Waals surface area contributed by atoms with Crippen LogP contribution in [-0.2, 0) is 4.74 Å². The van der Waals surface area contributed by atoms with E-state index in [1.807, 2.05) is 51.7 Å². The highest BCUT2D eigenvalue weighted by molar-refractivity contribution is 5.95. The van der Waals surface area contributed by atoms with Crippen LogP contribution in [0.3, 0.4) is 0 Å². The molecule has 1 aliphatic heterocycles. The van der Waals surface area contributed by atoms with Gasteiger partial charge in [0.2, 0.25) is 0 Å². The highest BCUT2D eigenvalue weighted by atomic mass is 16.5. The van der Waals surface area contributed by atoms with Gasteiger partial charge in [0.25, 0.3) is 5.91 Å². The summed E-state index contributed by atoms with van der Waals surface area (Å²) in [6.45, 7) is 11.2. The lowest BCUT2D eigenvalue weighted by molar-refractivity contribution is -0.171. The number of carbonyl (C=O) groups excluding carboxylic acids is 1. The van der Waals surface area contributed by atoms with E-state index >= 15 is 0 Å². The lowest BCUT2D eigenvalue weighted by atomic mass is 9.98. The van der Waals surface area contributed by atoms with E-state index in [0.717, 1.165) is 5.56 Å². The van der Waals surface area contributed by atoms with Gasteiger partial charge in [0.15, 0.2) is 0 Å². The second-order valence-electron chi connectivity index (χ2n) is 6.92. The Kier molecular flexibility index (Phi) is 3.54. The minimum Gasteiger partial charge on any atom is -0.399 e. The van der Waals surface area contributed by atoms with Crippen LogP contribution in [0.4, 0.5) is 5.69 Å². The number of benzene rings is 1. The Balaban J connectivity index is 2.28. The first kappa shape index (κ1) is 14.9. The molecule has 0 saturated carbocycles. The third kappa shape index (κ3) is 3.31. The monoisotopic (exact) mass is 276 g/mol. The van der Waals surface area contributed by atoms with E-state index < -0.39 is 0 Å². The van der Waals surface area contributed by atoms with E-state index in [1.54, 1.807) is 6.07 Å². The summed E-state index contributed by atoms with van der Waals surface area (Å²) < 4.78 is 6.01. The Morgan fingerprint density at radius 1 is 1.15 bits per heavy atom. The average molecular weight is 276 g/mol. The Bertz CT molecular complexity index is 499. The molecule has 110 valence electrons. The lowest BCUT2D eigenvalue weighted by Gasteiger charge is -2.47. The molecule has 2 rings (SSSR count). The Labute approximate surface area is 120 Å². The van der Waals surface area contributed by atoms with Crippen molar-refractivity contribution in [2.75, 3.05) is 18.8 Å². The van der Waals surface area contributed by atoms with Crippen molar-refractivity contribution in [1.82, 2.24) is 4.90 Å². The zero-order valence-corrected chi connectivity index (χ0v) is 13.0. The summed E-state index contributed by atoms with van der Waals surface area (Å²) in [7, 11) is 0. The van der Waals surface area contributed by atoms with Gasteiger partial charge in [0.1, 0.15) is 0 Å². The van der Waals surface area contributed by atoms with Gasteiger partial charge in [-0.05, 0) is 58.4 Å². The van der Waals surface area contributed by atoms with Crippen molar-refractivity contribution in [3.63, 3.8) is 0 Å². The molecule has 20 heavy (non-hydrogen) atoms. The molecule has 1 saturated heterocycles. The number of nitrogens with two attached hydrogens (primary N) is 1. The summed E-state index contributed by atoms with van der Waals surface area (Å²) in [6.07, 6.45) is 0. The molecule has 1 heterocycles. The SMILES string of the molecule is Cc1cc(N)cc(C(=O)N2CC(C)(C)OC(C)(C)C2)c1. The van der Waals surface area contributed by atoms with E-state index in [4.69, 9.17) is 10.5 Å². The molecule has 2 N–H and O–H groups in total. The molecular formula is C16H24N2O2. The number of amides is 1. The molecule has 4 heteroatoms. The van der Waals surface area contributed by atoms with Crippen LogP contribution in [0.15, 0.2) is 18.2 Å². The fraction of sp³-hybridized carbons (Fsp3) is 0.562. The molecule has 0 radical (unpaired) electrons. The van der Waals surface area contributed by atoms with Crippen LogP contribution in [0.1, 0.15) is 43.6 Å². The normalized spacial score (nSPS) is 20.8. The molecule has 0 aliphatic carbocycles. The van der Waals surface area contributed by atoms with Crippen LogP contribution in [0.25, 0.3) is 0 Å². The van der Waals surface area contributed by atoms with Gasteiger partial charge < -0.3 is 15.4 Å². The number of ether oxygens (including phenoxy) is 1. The number of anilines is 1. The summed E-state index contributed by atoms with van der Waals surface area (Å²) in [5, 5.41) is 0. The van der Waals surface area contributed by atoms with Crippen LogP contribution in [0.2, 0.25) is 0 Å². The second kappa shape index (κ2) is 4.77. The number of nitrogen functional groups attached to an aromatic ring is 1. The fourth-order valence-corrected chi connectivity index (χ4v) is 3.05. The van der Waals surface area contributed by atoms with Crippen molar-refractivity contribution in [2.45, 2.75) is 45.8 Å². The summed E-state index contributed by atoms with van der Waals surface area (Å²) in [6, 6.07) is 5.49. The summed E-state index contributed by atoms with van der Waals surface area (Å²) >= 11 is 0. The molecule has 0 spiro atoms. The molecule has 0 atom stereocenters. The van der Waals surface area contributed by atoms with Crippen molar-refractivity contribution >= 4 is 11.6 Å². The largest absolute Gasteiger partial charge is 0.399 e. The zero-order valence-electron chi connectivity index (χ0n) is 13.0. The highest BCUT2D eigenvalue weighted by Crippen LogP contribution is 2.29. The Morgan fingerprint density at radius 3 is 2.20 bits per heavy atom. The van der Waals surface area contributed by atoms with Gasteiger partial charge in [-0.3, -0.25) is 4.79 Å². The molecule has 0 unspecified atom stereocenters. The quantitative estimate of drug-likeness (QED) is 0.802. The third-order valence-electron chi connectivity index (χ3n) is 3.33. The van der Waals surface area contributed by atoms with Crippen LogP contribution >= 0.6 is 0 Å². The smallest absolute Gasteiger partial charge is 0.254 e. The third-order valence-corrected chi connectivity index (χ3v) is 3.33. The molecule has 1 fully saturated rings.